The molecule has 3 atom stereocenters. The van der Waals surface area contributed by atoms with Crippen LogP contribution in [0.2, 0.25) is 0 Å². The van der Waals surface area contributed by atoms with Crippen LogP contribution in [0.1, 0.15) is 45.7 Å². The lowest BCUT2D eigenvalue weighted by Gasteiger charge is -2.26. The van der Waals surface area contributed by atoms with E-state index < -0.39 is 47.2 Å². The molecule has 2 amide bonds. The number of amides is 2. The van der Waals surface area contributed by atoms with Crippen LogP contribution in [-0.2, 0) is 20.8 Å². The molecule has 0 saturated heterocycles. The van der Waals surface area contributed by atoms with E-state index in [9.17, 15) is 29.1 Å². The summed E-state index contributed by atoms with van der Waals surface area (Å²) in [6, 6.07) is 12.0. The van der Waals surface area contributed by atoms with Crippen molar-refractivity contribution in [1.29, 1.82) is 0 Å². The molecule has 3 unspecified atom stereocenters. The number of fused-ring (bicyclic) bond motifs is 1. The molecular formula is C28H34N4O6. The first-order chi connectivity index (χ1) is 18.0. The molecule has 3 aromatic rings. The molecule has 2 aromatic carbocycles. The number of aromatic amines is 1. The largest absolute Gasteiger partial charge is 0.480 e. The normalized spacial score (nSPS) is 13.7. The van der Waals surface area contributed by atoms with Crippen molar-refractivity contribution in [2.24, 2.45) is 11.8 Å². The van der Waals surface area contributed by atoms with Crippen LogP contribution in [-0.4, -0.2) is 44.5 Å². The van der Waals surface area contributed by atoms with Gasteiger partial charge in [-0.25, -0.2) is 14.2 Å². The molecule has 202 valence electrons. The van der Waals surface area contributed by atoms with Gasteiger partial charge in [-0.1, -0.05) is 70.2 Å². The van der Waals surface area contributed by atoms with Gasteiger partial charge in [0.05, 0.1) is 10.9 Å². The van der Waals surface area contributed by atoms with Crippen molar-refractivity contribution < 1.29 is 19.5 Å². The lowest BCUT2D eigenvalue weighted by atomic mass is 9.99. The number of carbonyl (C=O) groups excluding carboxylic acids is 2. The van der Waals surface area contributed by atoms with Crippen LogP contribution < -0.4 is 21.9 Å². The number of carboxylic acid groups (broad SMARTS) is 1. The second-order valence-corrected chi connectivity index (χ2v) is 10.1. The lowest BCUT2D eigenvalue weighted by Crippen LogP contribution is -2.55. The Kier molecular flexibility index (Phi) is 9.22. The maximum atomic E-state index is 13.7. The molecule has 10 nitrogen and oxygen atoms in total. The number of carbonyl (C=O) groups is 3. The summed E-state index contributed by atoms with van der Waals surface area (Å²) in [7, 11) is 0. The summed E-state index contributed by atoms with van der Waals surface area (Å²) in [5.41, 5.74) is -0.317. The minimum atomic E-state index is -1.26. The number of hydrogen-bond acceptors (Lipinski definition) is 5. The van der Waals surface area contributed by atoms with E-state index in [-0.39, 0.29) is 30.1 Å². The molecule has 0 spiro atoms. The molecule has 0 aliphatic heterocycles. The van der Waals surface area contributed by atoms with Gasteiger partial charge >= 0.3 is 11.7 Å². The number of nitrogens with zero attached hydrogens (tertiary/aromatic N) is 1. The number of aliphatic carboxylic acids is 1. The zero-order chi connectivity index (χ0) is 28.0. The lowest BCUT2D eigenvalue weighted by molar-refractivity contribution is -0.143. The number of rotatable bonds is 11. The monoisotopic (exact) mass is 522 g/mol. The van der Waals surface area contributed by atoms with Crippen LogP contribution in [0.25, 0.3) is 10.9 Å². The van der Waals surface area contributed by atoms with Crippen molar-refractivity contribution in [3.63, 3.8) is 0 Å². The number of carboxylic acids is 1. The Labute approximate surface area is 220 Å². The van der Waals surface area contributed by atoms with Crippen molar-refractivity contribution >= 4 is 28.7 Å². The first-order valence-electron chi connectivity index (χ1n) is 12.6. The molecule has 1 aromatic heterocycles. The second kappa shape index (κ2) is 12.4. The van der Waals surface area contributed by atoms with Crippen molar-refractivity contribution in [3.05, 3.63) is 81.0 Å². The van der Waals surface area contributed by atoms with E-state index in [0.717, 1.165) is 4.57 Å². The third kappa shape index (κ3) is 6.76. The zero-order valence-electron chi connectivity index (χ0n) is 21.9. The standard InChI is InChI=1S/C28H34N4O6/c1-16(2)14-21(24(33)31-23(17(3)4)27(36)37)29-25(34)22(15-18-10-6-5-7-11-18)32-26(35)19-12-8-9-13-20(19)30-28(32)38/h5-13,16-17,21-23H,14-15H2,1-4H3,(H,29,34)(H,30,38)(H,31,33)(H,36,37). The van der Waals surface area contributed by atoms with Gasteiger partial charge in [0, 0.05) is 6.42 Å². The summed E-state index contributed by atoms with van der Waals surface area (Å²) < 4.78 is 0.878. The predicted octanol–water partition coefficient (Wildman–Crippen LogP) is 2.23. The van der Waals surface area contributed by atoms with E-state index in [2.05, 4.69) is 15.6 Å². The molecular weight excluding hydrogens is 488 g/mol. The van der Waals surface area contributed by atoms with Crippen molar-refractivity contribution in [2.45, 2.75) is 58.7 Å². The molecule has 0 bridgehead atoms. The van der Waals surface area contributed by atoms with E-state index in [1.54, 1.807) is 62.4 Å². The van der Waals surface area contributed by atoms with E-state index in [4.69, 9.17) is 0 Å². The van der Waals surface area contributed by atoms with Crippen LogP contribution in [0.5, 0.6) is 0 Å². The van der Waals surface area contributed by atoms with Gasteiger partial charge in [-0.15, -0.1) is 0 Å². The molecule has 0 saturated carbocycles. The van der Waals surface area contributed by atoms with E-state index in [1.165, 1.54) is 0 Å². The maximum absolute atomic E-state index is 13.7. The molecule has 0 radical (unpaired) electrons. The minimum Gasteiger partial charge on any atom is -0.480 e. The van der Waals surface area contributed by atoms with E-state index in [1.807, 2.05) is 19.9 Å². The summed E-state index contributed by atoms with van der Waals surface area (Å²) >= 11 is 0. The predicted molar refractivity (Wildman–Crippen MR) is 144 cm³/mol. The molecule has 10 heteroatoms. The van der Waals surface area contributed by atoms with Crippen LogP contribution in [0, 0.1) is 11.8 Å². The SMILES string of the molecule is CC(C)CC(NC(=O)C(Cc1ccccc1)n1c(=O)[nH]c2ccccc2c1=O)C(=O)NC(C(=O)O)C(C)C. The maximum Gasteiger partial charge on any atom is 0.329 e. The van der Waals surface area contributed by atoms with Crippen LogP contribution in [0.3, 0.4) is 0 Å². The quantitative estimate of drug-likeness (QED) is 0.303. The zero-order valence-corrected chi connectivity index (χ0v) is 21.9. The first-order valence-corrected chi connectivity index (χ1v) is 12.6. The van der Waals surface area contributed by atoms with Gasteiger partial charge in [-0.2, -0.15) is 0 Å². The fraction of sp³-hybridized carbons (Fsp3) is 0.393. The molecule has 0 aliphatic carbocycles. The number of benzene rings is 2. The molecule has 3 rings (SSSR count). The topological polar surface area (TPSA) is 150 Å². The second-order valence-electron chi connectivity index (χ2n) is 10.1. The third-order valence-corrected chi connectivity index (χ3v) is 6.29. The highest BCUT2D eigenvalue weighted by Crippen LogP contribution is 2.16. The molecule has 0 aliphatic rings. The van der Waals surface area contributed by atoms with Crippen molar-refractivity contribution in [3.8, 4) is 0 Å². The fourth-order valence-electron chi connectivity index (χ4n) is 4.34. The molecule has 38 heavy (non-hydrogen) atoms. The van der Waals surface area contributed by atoms with Crippen LogP contribution in [0.4, 0.5) is 0 Å². The Balaban J connectivity index is 2.02. The highest BCUT2D eigenvalue weighted by atomic mass is 16.4. The van der Waals surface area contributed by atoms with Crippen LogP contribution in [0.15, 0.2) is 64.2 Å². The van der Waals surface area contributed by atoms with E-state index >= 15 is 0 Å². The van der Waals surface area contributed by atoms with Gasteiger partial charge in [-0.3, -0.25) is 14.4 Å². The van der Waals surface area contributed by atoms with E-state index in [0.29, 0.717) is 11.1 Å². The minimum absolute atomic E-state index is 0.0206. The molecule has 0 fully saturated rings. The Bertz CT molecular complexity index is 1410. The number of hydrogen-bond donors (Lipinski definition) is 4. The molecule has 1 heterocycles. The van der Waals surface area contributed by atoms with Gasteiger partial charge in [0.25, 0.3) is 5.56 Å². The fourth-order valence-corrected chi connectivity index (χ4v) is 4.34. The third-order valence-electron chi connectivity index (χ3n) is 6.29. The van der Waals surface area contributed by atoms with Gasteiger partial charge in [0.2, 0.25) is 11.8 Å². The van der Waals surface area contributed by atoms with Gasteiger partial charge in [-0.05, 0) is 36.0 Å². The number of nitrogens with one attached hydrogen (secondary N) is 3. The summed E-state index contributed by atoms with van der Waals surface area (Å²) in [5.74, 6) is -2.93. The van der Waals surface area contributed by atoms with Crippen molar-refractivity contribution in [1.82, 2.24) is 20.2 Å². The van der Waals surface area contributed by atoms with Gasteiger partial charge < -0.3 is 20.7 Å². The smallest absolute Gasteiger partial charge is 0.329 e. The van der Waals surface area contributed by atoms with Gasteiger partial charge in [0.15, 0.2) is 0 Å². The number of aromatic nitrogens is 2. The highest BCUT2D eigenvalue weighted by molar-refractivity contribution is 5.91. The first kappa shape index (κ1) is 28.4. The number of para-hydroxylation sites is 1. The van der Waals surface area contributed by atoms with Gasteiger partial charge in [0.1, 0.15) is 18.1 Å². The summed E-state index contributed by atoms with van der Waals surface area (Å²) in [6.07, 6.45) is 0.247. The summed E-state index contributed by atoms with van der Waals surface area (Å²) in [4.78, 5) is 67.6. The molecule has 4 N–H and O–H groups in total. The summed E-state index contributed by atoms with van der Waals surface area (Å²) in [5, 5.41) is 15.0. The Morgan fingerprint density at radius 2 is 1.53 bits per heavy atom. The average molecular weight is 523 g/mol. The Hall–Kier alpha value is -4.21. The average Bonchev–Trinajstić information content (AvgIpc) is 2.86. The van der Waals surface area contributed by atoms with Crippen LogP contribution >= 0.6 is 0 Å². The summed E-state index contributed by atoms with van der Waals surface area (Å²) in [6.45, 7) is 7.07. The Morgan fingerprint density at radius 3 is 2.13 bits per heavy atom. The number of H-pyrrole nitrogens is 1. The van der Waals surface area contributed by atoms with Crippen molar-refractivity contribution in [2.75, 3.05) is 0 Å². The highest BCUT2D eigenvalue weighted by Gasteiger charge is 2.32. The Morgan fingerprint density at radius 1 is 0.895 bits per heavy atom.